The van der Waals surface area contributed by atoms with Gasteiger partial charge in [0.1, 0.15) is 6.61 Å². The first-order valence-corrected chi connectivity index (χ1v) is 9.71. The van der Waals surface area contributed by atoms with E-state index in [1.54, 1.807) is 0 Å². The molecule has 0 bridgehead atoms. The highest BCUT2D eigenvalue weighted by Gasteiger charge is 2.60. The van der Waals surface area contributed by atoms with Gasteiger partial charge in [-0.1, -0.05) is 13.8 Å². The van der Waals surface area contributed by atoms with Crippen molar-refractivity contribution < 1.29 is 20.5 Å². The molecule has 4 rings (SSSR count). The molecule has 4 aliphatic carbocycles. The van der Waals surface area contributed by atoms with Crippen molar-refractivity contribution in [3.05, 3.63) is 0 Å². The fourth-order valence-corrected chi connectivity index (χ4v) is 7.19. The first-order valence-electron chi connectivity index (χ1n) is 11.7. The molecule has 0 amide bonds. The Kier molecular flexibility index (Phi) is 3.11. The van der Waals surface area contributed by atoms with Crippen molar-refractivity contribution in [3.8, 4) is 0 Å². The van der Waals surface area contributed by atoms with Gasteiger partial charge in [-0.05, 0) is 92.2 Å². The Bertz CT molecular complexity index is 668. The van der Waals surface area contributed by atoms with Crippen LogP contribution < -0.4 is 0 Å². The third-order valence-electron chi connectivity index (χ3n) is 8.45. The van der Waals surface area contributed by atoms with Crippen molar-refractivity contribution in [2.75, 3.05) is 6.61 Å². The Hall–Kier alpha value is -0.410. The number of fused-ring (bicyclic) bond motifs is 5. The van der Waals surface area contributed by atoms with Gasteiger partial charge >= 0.3 is 0 Å². The first-order chi connectivity index (χ1) is 12.9. The lowest BCUT2D eigenvalue weighted by Gasteiger charge is -2.60. The molecule has 8 atom stereocenters. The molecular formula is C21H34O3. The van der Waals surface area contributed by atoms with Crippen LogP contribution in [0.3, 0.4) is 0 Å². The molecule has 136 valence electrons. The molecule has 0 aromatic rings. The summed E-state index contributed by atoms with van der Waals surface area (Å²) < 4.78 is 33.8. The molecule has 0 aromatic heterocycles. The van der Waals surface area contributed by atoms with Gasteiger partial charge in [0.05, 0.1) is 6.10 Å². The molecule has 0 aliphatic heterocycles. The van der Waals surface area contributed by atoms with Gasteiger partial charge in [0.2, 0.25) is 0 Å². The lowest BCUT2D eigenvalue weighted by Crippen LogP contribution is -2.54. The van der Waals surface area contributed by atoms with E-state index in [0.29, 0.717) is 18.3 Å². The number of hydrogen-bond donors (Lipinski definition) is 2. The summed E-state index contributed by atoms with van der Waals surface area (Å²) in [5, 5.41) is 19.8. The van der Waals surface area contributed by atoms with Crippen molar-refractivity contribution in [2.45, 2.75) is 77.6 Å². The largest absolute Gasteiger partial charge is 0.393 e. The summed E-state index contributed by atoms with van der Waals surface area (Å²) in [6.07, 6.45) is -0.120. The van der Waals surface area contributed by atoms with E-state index in [4.69, 9.17) is 5.48 Å². The molecule has 3 heteroatoms. The quantitative estimate of drug-likeness (QED) is 0.809. The Labute approximate surface area is 151 Å². The molecular weight excluding hydrogens is 300 g/mol. The van der Waals surface area contributed by atoms with Crippen LogP contribution in [0.1, 0.15) is 77.0 Å². The average Bonchev–Trinajstić information content (AvgIpc) is 2.96. The van der Waals surface area contributed by atoms with E-state index in [1.807, 2.05) is 0 Å². The van der Waals surface area contributed by atoms with E-state index in [9.17, 15) is 15.0 Å². The van der Waals surface area contributed by atoms with E-state index in [-0.39, 0.29) is 42.0 Å². The molecule has 0 aromatic carbocycles. The zero-order valence-electron chi connectivity index (χ0n) is 18.9. The number of ketones is 1. The molecule has 4 aliphatic rings. The maximum Gasteiger partial charge on any atom is 0.161 e. The Morgan fingerprint density at radius 1 is 1.08 bits per heavy atom. The lowest BCUT2D eigenvalue weighted by atomic mass is 9.44. The summed E-state index contributed by atoms with van der Waals surface area (Å²) >= 11 is 0. The van der Waals surface area contributed by atoms with Crippen LogP contribution in [0.15, 0.2) is 0 Å². The van der Waals surface area contributed by atoms with Gasteiger partial charge in [-0.25, -0.2) is 0 Å². The third kappa shape index (κ3) is 2.26. The smallest absolute Gasteiger partial charge is 0.161 e. The molecule has 4 fully saturated rings. The number of rotatable bonds is 2. The van der Waals surface area contributed by atoms with Gasteiger partial charge in [0, 0.05) is 11.4 Å². The van der Waals surface area contributed by atoms with Crippen molar-refractivity contribution in [1.82, 2.24) is 0 Å². The molecule has 2 N–H and O–H groups in total. The first kappa shape index (κ1) is 12.9. The van der Waals surface area contributed by atoms with Crippen LogP contribution in [0.5, 0.6) is 0 Å². The van der Waals surface area contributed by atoms with Crippen LogP contribution in [0, 0.1) is 40.4 Å². The topological polar surface area (TPSA) is 57.5 Å². The van der Waals surface area contributed by atoms with Gasteiger partial charge in [0.25, 0.3) is 0 Å². The number of carbonyl (C=O) groups excluding carboxylic acids is 1. The average molecular weight is 339 g/mol. The van der Waals surface area contributed by atoms with Crippen molar-refractivity contribution in [1.29, 1.82) is 0 Å². The van der Waals surface area contributed by atoms with Crippen LogP contribution in [-0.4, -0.2) is 28.7 Å². The number of hydrogen-bond acceptors (Lipinski definition) is 3. The summed E-state index contributed by atoms with van der Waals surface area (Å²) in [5.41, 5.74) is -0.577. The van der Waals surface area contributed by atoms with Gasteiger partial charge in [-0.15, -0.1) is 0 Å². The standard InChI is InChI=1S/C21H34O3/c1-20-9-7-14(23)11-13(20)3-4-15-16-5-6-18(19(24)12-22)21(16,2)10-8-17(15)20/h13-18,22-23H,3-12H2,1-2H3/t13-,14-,15-,16-,17-,18+,20-,21-/m1/s1/i7D2,11D2. The normalized spacial score (nSPS) is 60.5. The molecule has 0 spiro atoms. The highest BCUT2D eigenvalue weighted by atomic mass is 16.3. The molecule has 0 radical (unpaired) electrons. The minimum absolute atomic E-state index is 0.0446. The summed E-state index contributed by atoms with van der Waals surface area (Å²) in [7, 11) is 0. The fraction of sp³-hybridized carbons (Fsp3) is 0.952. The van der Waals surface area contributed by atoms with Crippen molar-refractivity contribution in [3.63, 3.8) is 0 Å². The van der Waals surface area contributed by atoms with Gasteiger partial charge in [0.15, 0.2) is 5.78 Å². The maximum atomic E-state index is 12.4. The van der Waals surface area contributed by atoms with Crippen LogP contribution in [-0.2, 0) is 4.79 Å². The van der Waals surface area contributed by atoms with Crippen LogP contribution in [0.25, 0.3) is 0 Å². The number of carbonyl (C=O) groups is 1. The Morgan fingerprint density at radius 2 is 1.83 bits per heavy atom. The van der Waals surface area contributed by atoms with E-state index in [1.165, 1.54) is 0 Å². The zero-order chi connectivity index (χ0) is 20.7. The monoisotopic (exact) mass is 338 g/mol. The van der Waals surface area contributed by atoms with E-state index < -0.39 is 24.3 Å². The van der Waals surface area contributed by atoms with E-state index in [2.05, 4.69) is 13.8 Å². The van der Waals surface area contributed by atoms with Crippen molar-refractivity contribution >= 4 is 5.78 Å². The number of aliphatic hydroxyl groups excluding tert-OH is 2. The summed E-state index contributed by atoms with van der Waals surface area (Å²) in [4.78, 5) is 12.4. The van der Waals surface area contributed by atoms with Crippen LogP contribution >= 0.6 is 0 Å². The fourth-order valence-electron chi connectivity index (χ4n) is 7.19. The molecule has 0 saturated heterocycles. The highest BCUT2D eigenvalue weighted by Crippen LogP contribution is 2.67. The SMILES string of the molecule is [2H]C1([2H])C[C@@]2(C)[C@@H]3CC[C@]4(C)[C@H](CC[C@H]4C(=O)CO)[C@H]3CC[C@@H]2C([2H])([2H])[C@@H]1O. The number of aliphatic hydroxyl groups is 2. The molecule has 4 saturated carbocycles. The van der Waals surface area contributed by atoms with Crippen LogP contribution in [0.4, 0.5) is 0 Å². The summed E-state index contributed by atoms with van der Waals surface area (Å²) in [6, 6.07) is 0. The minimum atomic E-state index is -1.93. The van der Waals surface area contributed by atoms with Gasteiger partial charge in [-0.2, -0.15) is 0 Å². The van der Waals surface area contributed by atoms with Gasteiger partial charge < -0.3 is 10.2 Å². The molecule has 0 unspecified atom stereocenters. The molecule has 3 nitrogen and oxygen atoms in total. The third-order valence-corrected chi connectivity index (χ3v) is 8.45. The molecule has 24 heavy (non-hydrogen) atoms. The zero-order valence-corrected chi connectivity index (χ0v) is 14.9. The van der Waals surface area contributed by atoms with Crippen molar-refractivity contribution in [2.24, 2.45) is 40.4 Å². The molecule has 0 heterocycles. The van der Waals surface area contributed by atoms with E-state index in [0.717, 1.165) is 32.1 Å². The number of Topliss-reactive ketones (excluding diaryl/α,β-unsaturated/α-hetero) is 1. The summed E-state index contributed by atoms with van der Waals surface area (Å²) in [6.45, 7) is 3.87. The Morgan fingerprint density at radius 3 is 2.58 bits per heavy atom. The second-order valence-electron chi connectivity index (χ2n) is 9.26. The maximum absolute atomic E-state index is 12.4. The van der Waals surface area contributed by atoms with Gasteiger partial charge in [-0.3, -0.25) is 4.79 Å². The predicted molar refractivity (Wildman–Crippen MR) is 93.3 cm³/mol. The second-order valence-corrected chi connectivity index (χ2v) is 9.26. The Balaban J connectivity index is 1.68. The second kappa shape index (κ2) is 5.81. The highest BCUT2D eigenvalue weighted by molar-refractivity contribution is 5.83. The summed E-state index contributed by atoms with van der Waals surface area (Å²) in [5.74, 6) is 0.522. The van der Waals surface area contributed by atoms with Crippen LogP contribution in [0.2, 0.25) is 0 Å². The minimum Gasteiger partial charge on any atom is -0.393 e. The lowest BCUT2D eigenvalue weighted by molar-refractivity contribution is -0.141. The predicted octanol–water partition coefficient (Wildman–Crippen LogP) is 3.57. The van der Waals surface area contributed by atoms with E-state index >= 15 is 0 Å².